The molecule has 1 amide bonds. The molecule has 4 rings (SSSR count). The first kappa shape index (κ1) is 22.5. The standard InChI is InChI=1S/C26H26FNO5/c1-30-22-9-4-5-10-23(22)33-16-21-20-15-25(32-3)24(31-2)14-17(20)11-12-28(21)26(29)18-7-6-8-19(27)13-18/h4-10,13-15,21H,11-12,16H2,1-3H3/t21-/m1/s1. The topological polar surface area (TPSA) is 57.2 Å². The molecule has 1 aliphatic heterocycles. The Hall–Kier alpha value is -3.74. The Bertz CT molecular complexity index is 1150. The van der Waals surface area contributed by atoms with Crippen molar-refractivity contribution in [1.29, 1.82) is 0 Å². The van der Waals surface area contributed by atoms with Crippen LogP contribution in [0.15, 0.2) is 60.7 Å². The molecule has 7 heteroatoms. The van der Waals surface area contributed by atoms with Crippen molar-refractivity contribution >= 4 is 5.91 Å². The van der Waals surface area contributed by atoms with E-state index in [0.29, 0.717) is 41.5 Å². The number of carbonyl (C=O) groups excluding carboxylic acids is 1. The van der Waals surface area contributed by atoms with Gasteiger partial charge in [0.1, 0.15) is 12.4 Å². The van der Waals surface area contributed by atoms with Crippen molar-refractivity contribution in [3.05, 3.63) is 83.2 Å². The van der Waals surface area contributed by atoms with E-state index in [2.05, 4.69) is 0 Å². The summed E-state index contributed by atoms with van der Waals surface area (Å²) in [6.07, 6.45) is 0.627. The number of hydrogen-bond acceptors (Lipinski definition) is 5. The second-order valence-corrected chi connectivity index (χ2v) is 7.64. The Morgan fingerprint density at radius 1 is 0.909 bits per heavy atom. The van der Waals surface area contributed by atoms with Gasteiger partial charge in [0.05, 0.1) is 27.4 Å². The highest BCUT2D eigenvalue weighted by Crippen LogP contribution is 2.39. The van der Waals surface area contributed by atoms with Gasteiger partial charge in [-0.15, -0.1) is 0 Å². The minimum absolute atomic E-state index is 0.184. The van der Waals surface area contributed by atoms with Crippen molar-refractivity contribution in [2.75, 3.05) is 34.5 Å². The maximum atomic E-state index is 13.8. The third-order valence-electron chi connectivity index (χ3n) is 5.80. The summed E-state index contributed by atoms with van der Waals surface area (Å²) in [7, 11) is 4.74. The number of benzene rings is 3. The molecule has 0 bridgehead atoms. The molecule has 3 aromatic carbocycles. The average Bonchev–Trinajstić information content (AvgIpc) is 2.85. The van der Waals surface area contributed by atoms with Crippen molar-refractivity contribution in [3.63, 3.8) is 0 Å². The smallest absolute Gasteiger partial charge is 0.254 e. The maximum Gasteiger partial charge on any atom is 0.254 e. The summed E-state index contributed by atoms with van der Waals surface area (Å²) < 4.78 is 36.3. The van der Waals surface area contributed by atoms with Crippen molar-refractivity contribution in [2.24, 2.45) is 0 Å². The number of nitrogens with zero attached hydrogens (tertiary/aromatic N) is 1. The van der Waals surface area contributed by atoms with Gasteiger partial charge < -0.3 is 23.8 Å². The molecule has 1 aliphatic rings. The van der Waals surface area contributed by atoms with Crippen LogP contribution in [0.2, 0.25) is 0 Å². The van der Waals surface area contributed by atoms with E-state index in [-0.39, 0.29) is 12.5 Å². The molecular formula is C26H26FNO5. The van der Waals surface area contributed by atoms with Crippen molar-refractivity contribution in [1.82, 2.24) is 4.90 Å². The Morgan fingerprint density at radius 3 is 2.30 bits per heavy atom. The van der Waals surface area contributed by atoms with Gasteiger partial charge in [-0.3, -0.25) is 4.79 Å². The highest BCUT2D eigenvalue weighted by atomic mass is 19.1. The van der Waals surface area contributed by atoms with Gasteiger partial charge in [-0.25, -0.2) is 4.39 Å². The Kier molecular flexibility index (Phi) is 6.68. The molecule has 0 aromatic heterocycles. The Balaban J connectivity index is 1.72. The van der Waals surface area contributed by atoms with E-state index >= 15 is 0 Å². The van der Waals surface area contributed by atoms with Crippen molar-refractivity contribution in [3.8, 4) is 23.0 Å². The second-order valence-electron chi connectivity index (χ2n) is 7.64. The summed E-state index contributed by atoms with van der Waals surface area (Å²) in [5.41, 5.74) is 2.24. The van der Waals surface area contributed by atoms with Gasteiger partial charge in [0.25, 0.3) is 5.91 Å². The van der Waals surface area contributed by atoms with E-state index in [1.165, 1.54) is 18.2 Å². The number of hydrogen-bond donors (Lipinski definition) is 0. The predicted molar refractivity (Wildman–Crippen MR) is 122 cm³/mol. The van der Waals surface area contributed by atoms with E-state index in [1.807, 2.05) is 36.4 Å². The zero-order valence-corrected chi connectivity index (χ0v) is 18.8. The highest BCUT2D eigenvalue weighted by Gasteiger charge is 2.33. The minimum atomic E-state index is -0.452. The Morgan fingerprint density at radius 2 is 1.61 bits per heavy atom. The molecule has 0 unspecified atom stereocenters. The molecule has 0 radical (unpaired) electrons. The number of amides is 1. The van der Waals surface area contributed by atoms with E-state index in [1.54, 1.807) is 32.3 Å². The lowest BCUT2D eigenvalue weighted by Crippen LogP contribution is -2.42. The summed E-state index contributed by atoms with van der Waals surface area (Å²) >= 11 is 0. The van der Waals surface area contributed by atoms with Gasteiger partial charge in [-0.05, 0) is 60.0 Å². The molecule has 0 spiro atoms. The fourth-order valence-electron chi connectivity index (χ4n) is 4.15. The van der Waals surface area contributed by atoms with Crippen LogP contribution < -0.4 is 18.9 Å². The lowest BCUT2D eigenvalue weighted by molar-refractivity contribution is 0.0587. The molecule has 0 saturated carbocycles. The lowest BCUT2D eigenvalue weighted by atomic mass is 9.91. The first-order valence-electron chi connectivity index (χ1n) is 10.6. The largest absolute Gasteiger partial charge is 0.493 e. The normalized spacial score (nSPS) is 14.9. The van der Waals surface area contributed by atoms with Gasteiger partial charge in [0, 0.05) is 12.1 Å². The number of rotatable bonds is 7. The van der Waals surface area contributed by atoms with Crippen LogP contribution in [0.5, 0.6) is 23.0 Å². The first-order valence-corrected chi connectivity index (χ1v) is 10.6. The quantitative estimate of drug-likeness (QED) is 0.523. The zero-order chi connectivity index (χ0) is 23.4. The number of carbonyl (C=O) groups is 1. The molecule has 1 atom stereocenters. The fraction of sp³-hybridized carbons (Fsp3) is 0.269. The van der Waals surface area contributed by atoms with Gasteiger partial charge in [0.2, 0.25) is 0 Å². The van der Waals surface area contributed by atoms with Crippen molar-refractivity contribution < 1.29 is 28.1 Å². The zero-order valence-electron chi connectivity index (χ0n) is 18.8. The van der Waals surface area contributed by atoms with Crippen LogP contribution >= 0.6 is 0 Å². The number of ether oxygens (including phenoxy) is 4. The number of methoxy groups -OCH3 is 3. The van der Waals surface area contributed by atoms with Gasteiger partial charge in [-0.2, -0.15) is 0 Å². The molecule has 6 nitrogen and oxygen atoms in total. The molecule has 0 aliphatic carbocycles. The van der Waals surface area contributed by atoms with E-state index in [9.17, 15) is 9.18 Å². The third-order valence-corrected chi connectivity index (χ3v) is 5.80. The molecule has 0 fully saturated rings. The summed E-state index contributed by atoms with van der Waals surface area (Å²) in [6.45, 7) is 0.641. The minimum Gasteiger partial charge on any atom is -0.493 e. The summed E-state index contributed by atoms with van der Waals surface area (Å²) in [6, 6.07) is 16.5. The molecular weight excluding hydrogens is 425 g/mol. The average molecular weight is 451 g/mol. The van der Waals surface area contributed by atoms with Gasteiger partial charge in [0.15, 0.2) is 23.0 Å². The Labute approximate surface area is 192 Å². The van der Waals surface area contributed by atoms with Crippen molar-refractivity contribution in [2.45, 2.75) is 12.5 Å². The third kappa shape index (κ3) is 4.58. The number of fused-ring (bicyclic) bond motifs is 1. The van der Waals surface area contributed by atoms with Gasteiger partial charge in [-0.1, -0.05) is 18.2 Å². The van der Waals surface area contributed by atoms with Crippen LogP contribution in [0.4, 0.5) is 4.39 Å². The molecule has 3 aromatic rings. The monoisotopic (exact) mass is 451 g/mol. The van der Waals surface area contributed by atoms with Gasteiger partial charge >= 0.3 is 0 Å². The first-order chi connectivity index (χ1) is 16.0. The summed E-state index contributed by atoms with van der Waals surface area (Å²) in [5, 5.41) is 0. The van der Waals surface area contributed by atoms with E-state index in [4.69, 9.17) is 18.9 Å². The van der Waals surface area contributed by atoms with Crippen LogP contribution in [0.1, 0.15) is 27.5 Å². The fourth-order valence-corrected chi connectivity index (χ4v) is 4.15. The molecule has 172 valence electrons. The molecule has 1 heterocycles. The molecule has 33 heavy (non-hydrogen) atoms. The SMILES string of the molecule is COc1cc2c(cc1OC)[C@@H](COc1ccccc1OC)N(C(=O)c1cccc(F)c1)CC2. The number of para-hydroxylation sites is 2. The number of halogens is 1. The summed E-state index contributed by atoms with van der Waals surface area (Å²) in [4.78, 5) is 15.1. The van der Waals surface area contributed by atoms with Crippen LogP contribution in [-0.2, 0) is 6.42 Å². The van der Waals surface area contributed by atoms with Crippen LogP contribution in [-0.4, -0.2) is 45.3 Å². The summed E-state index contributed by atoms with van der Waals surface area (Å²) in [5.74, 6) is 1.66. The molecule has 0 N–H and O–H groups in total. The van der Waals surface area contributed by atoms with E-state index in [0.717, 1.165) is 11.1 Å². The molecule has 0 saturated heterocycles. The predicted octanol–water partition coefficient (Wildman–Crippen LogP) is 4.67. The van der Waals surface area contributed by atoms with Crippen LogP contribution in [0, 0.1) is 5.82 Å². The van der Waals surface area contributed by atoms with Crippen LogP contribution in [0.25, 0.3) is 0 Å². The second kappa shape index (κ2) is 9.81. The van der Waals surface area contributed by atoms with Crippen LogP contribution in [0.3, 0.4) is 0 Å². The highest BCUT2D eigenvalue weighted by molar-refractivity contribution is 5.94. The lowest BCUT2D eigenvalue weighted by Gasteiger charge is -2.37. The van der Waals surface area contributed by atoms with E-state index < -0.39 is 11.9 Å². The maximum absolute atomic E-state index is 13.8.